The summed E-state index contributed by atoms with van der Waals surface area (Å²) in [5, 5.41) is 0. The van der Waals surface area contributed by atoms with E-state index in [1.807, 2.05) is 0 Å². The van der Waals surface area contributed by atoms with Gasteiger partial charge in [0.05, 0.1) is 12.8 Å². The number of alkyl halides is 3. The average molecular weight is 306 g/mol. The van der Waals surface area contributed by atoms with Gasteiger partial charge in [0, 0.05) is 16.7 Å². The van der Waals surface area contributed by atoms with Crippen molar-refractivity contribution in [3.05, 3.63) is 11.8 Å². The Labute approximate surface area is 105 Å². The van der Waals surface area contributed by atoms with E-state index < -0.39 is 31.9 Å². The van der Waals surface area contributed by atoms with E-state index in [4.69, 9.17) is 10.7 Å². The molecule has 5 nitrogen and oxygen atoms in total. The standard InChI is InChI=1S/C8H7ClF3NO4S/c1-4-5(17-8(10,11)12)3-6(18(9,14)15)7(13-4)16-2/h3H,1-2H3. The molecular formula is C8H7ClF3NO4S. The van der Waals surface area contributed by atoms with Crippen LogP contribution in [0.25, 0.3) is 0 Å². The van der Waals surface area contributed by atoms with Crippen LogP contribution in [0, 0.1) is 6.92 Å². The van der Waals surface area contributed by atoms with Crippen molar-refractivity contribution in [1.29, 1.82) is 0 Å². The summed E-state index contributed by atoms with van der Waals surface area (Å²) < 4.78 is 66.8. The number of ether oxygens (including phenoxy) is 2. The van der Waals surface area contributed by atoms with E-state index in [-0.39, 0.29) is 5.69 Å². The number of rotatable bonds is 3. The molecule has 0 aliphatic rings. The van der Waals surface area contributed by atoms with Gasteiger partial charge in [0.25, 0.3) is 9.05 Å². The minimum absolute atomic E-state index is 0.187. The second kappa shape index (κ2) is 4.81. The zero-order chi connectivity index (χ0) is 14.1. The van der Waals surface area contributed by atoms with E-state index in [1.54, 1.807) is 0 Å². The summed E-state index contributed by atoms with van der Waals surface area (Å²) in [5.74, 6) is -1.17. The minimum Gasteiger partial charge on any atom is -0.480 e. The number of halogens is 4. The smallest absolute Gasteiger partial charge is 0.480 e. The van der Waals surface area contributed by atoms with Gasteiger partial charge in [0.1, 0.15) is 4.90 Å². The number of pyridine rings is 1. The van der Waals surface area contributed by atoms with Crippen LogP contribution in [-0.4, -0.2) is 26.9 Å². The molecule has 0 spiro atoms. The van der Waals surface area contributed by atoms with Gasteiger partial charge < -0.3 is 9.47 Å². The van der Waals surface area contributed by atoms with Crippen LogP contribution >= 0.6 is 10.7 Å². The molecule has 10 heteroatoms. The lowest BCUT2D eigenvalue weighted by Gasteiger charge is -2.13. The van der Waals surface area contributed by atoms with Crippen molar-refractivity contribution in [2.75, 3.05) is 7.11 Å². The molecule has 0 aliphatic heterocycles. The predicted octanol–water partition coefficient (Wildman–Crippen LogP) is 2.22. The lowest BCUT2D eigenvalue weighted by Crippen LogP contribution is -2.18. The molecular weight excluding hydrogens is 299 g/mol. The van der Waals surface area contributed by atoms with Gasteiger partial charge in [0.2, 0.25) is 5.88 Å². The molecule has 0 aromatic carbocycles. The topological polar surface area (TPSA) is 65.5 Å². The Balaban J connectivity index is 3.40. The molecule has 18 heavy (non-hydrogen) atoms. The fourth-order valence-corrected chi connectivity index (χ4v) is 2.01. The number of hydrogen-bond acceptors (Lipinski definition) is 5. The van der Waals surface area contributed by atoms with Crippen molar-refractivity contribution >= 4 is 19.7 Å². The Morgan fingerprint density at radius 3 is 2.33 bits per heavy atom. The fourth-order valence-electron chi connectivity index (χ4n) is 1.10. The van der Waals surface area contributed by atoms with Crippen LogP contribution < -0.4 is 9.47 Å². The van der Waals surface area contributed by atoms with E-state index in [0.29, 0.717) is 6.07 Å². The van der Waals surface area contributed by atoms with Gasteiger partial charge >= 0.3 is 6.36 Å². The Hall–Kier alpha value is -1.22. The monoisotopic (exact) mass is 305 g/mol. The second-order valence-corrected chi connectivity index (χ2v) is 5.60. The highest BCUT2D eigenvalue weighted by Gasteiger charge is 2.33. The second-order valence-electron chi connectivity index (χ2n) is 3.06. The summed E-state index contributed by atoms with van der Waals surface area (Å²) in [6, 6.07) is 0.608. The van der Waals surface area contributed by atoms with Gasteiger partial charge in [-0.15, -0.1) is 13.2 Å². The van der Waals surface area contributed by atoms with Gasteiger partial charge in [-0.2, -0.15) is 0 Å². The zero-order valence-electron chi connectivity index (χ0n) is 9.08. The van der Waals surface area contributed by atoms with Gasteiger partial charge in [0.15, 0.2) is 5.75 Å². The molecule has 0 unspecified atom stereocenters. The molecule has 0 N–H and O–H groups in total. The highest BCUT2D eigenvalue weighted by atomic mass is 35.7. The largest absolute Gasteiger partial charge is 0.573 e. The first-order valence-electron chi connectivity index (χ1n) is 4.30. The number of methoxy groups -OCH3 is 1. The molecule has 0 radical (unpaired) electrons. The van der Waals surface area contributed by atoms with E-state index in [1.165, 1.54) is 6.92 Å². The maximum atomic E-state index is 12.1. The summed E-state index contributed by atoms with van der Waals surface area (Å²) in [6.45, 7) is 1.20. The van der Waals surface area contributed by atoms with Crippen LogP contribution in [0.15, 0.2) is 11.0 Å². The van der Waals surface area contributed by atoms with Gasteiger partial charge in [-0.05, 0) is 6.92 Å². The third-order valence-electron chi connectivity index (χ3n) is 1.78. The molecule has 0 fully saturated rings. The quantitative estimate of drug-likeness (QED) is 0.801. The highest BCUT2D eigenvalue weighted by molar-refractivity contribution is 8.13. The minimum atomic E-state index is -4.96. The molecule has 102 valence electrons. The van der Waals surface area contributed by atoms with Crippen molar-refractivity contribution in [1.82, 2.24) is 4.98 Å². The summed E-state index contributed by atoms with van der Waals surface area (Å²) >= 11 is 0. The zero-order valence-corrected chi connectivity index (χ0v) is 10.7. The molecule has 0 aliphatic carbocycles. The normalized spacial score (nSPS) is 12.3. The Bertz CT molecular complexity index is 558. The number of hydrogen-bond donors (Lipinski definition) is 0. The Morgan fingerprint density at radius 2 is 1.94 bits per heavy atom. The highest BCUT2D eigenvalue weighted by Crippen LogP contribution is 2.33. The van der Waals surface area contributed by atoms with Crippen LogP contribution in [-0.2, 0) is 9.05 Å². The third-order valence-corrected chi connectivity index (χ3v) is 3.10. The van der Waals surface area contributed by atoms with E-state index in [0.717, 1.165) is 7.11 Å². The van der Waals surface area contributed by atoms with Crippen LogP contribution in [0.3, 0.4) is 0 Å². The summed E-state index contributed by atoms with van der Waals surface area (Å²) in [6.07, 6.45) is -4.96. The van der Waals surface area contributed by atoms with Gasteiger partial charge in [-0.25, -0.2) is 13.4 Å². The van der Waals surface area contributed by atoms with Gasteiger partial charge in [-0.3, -0.25) is 0 Å². The Kier molecular flexibility index (Phi) is 3.96. The summed E-state index contributed by atoms with van der Waals surface area (Å²) in [7, 11) is 1.86. The molecule has 0 atom stereocenters. The average Bonchev–Trinajstić information content (AvgIpc) is 2.16. The van der Waals surface area contributed by atoms with E-state index in [2.05, 4.69) is 14.5 Å². The molecule has 0 bridgehead atoms. The van der Waals surface area contributed by atoms with E-state index in [9.17, 15) is 21.6 Å². The number of aromatic nitrogens is 1. The Morgan fingerprint density at radius 1 is 1.39 bits per heavy atom. The molecule has 0 saturated heterocycles. The molecule has 1 aromatic rings. The molecule has 0 saturated carbocycles. The van der Waals surface area contributed by atoms with Crippen LogP contribution in [0.2, 0.25) is 0 Å². The van der Waals surface area contributed by atoms with Crippen molar-refractivity contribution in [2.24, 2.45) is 0 Å². The van der Waals surface area contributed by atoms with Crippen molar-refractivity contribution in [3.8, 4) is 11.6 Å². The maximum Gasteiger partial charge on any atom is 0.573 e. The first-order valence-corrected chi connectivity index (χ1v) is 6.61. The first-order chi connectivity index (χ1) is 8.04. The number of nitrogens with zero attached hydrogens (tertiary/aromatic N) is 1. The van der Waals surface area contributed by atoms with Gasteiger partial charge in [-0.1, -0.05) is 0 Å². The van der Waals surface area contributed by atoms with Crippen LogP contribution in [0.5, 0.6) is 11.6 Å². The van der Waals surface area contributed by atoms with Crippen molar-refractivity contribution in [2.45, 2.75) is 18.2 Å². The van der Waals surface area contributed by atoms with Crippen molar-refractivity contribution < 1.29 is 31.1 Å². The SMILES string of the molecule is COc1nc(C)c(OC(F)(F)F)cc1S(=O)(=O)Cl. The molecule has 1 aromatic heterocycles. The van der Waals surface area contributed by atoms with Crippen LogP contribution in [0.4, 0.5) is 13.2 Å². The van der Waals surface area contributed by atoms with Crippen LogP contribution in [0.1, 0.15) is 5.69 Å². The molecule has 0 amide bonds. The van der Waals surface area contributed by atoms with Crippen molar-refractivity contribution in [3.63, 3.8) is 0 Å². The first kappa shape index (κ1) is 14.8. The summed E-state index contributed by atoms with van der Waals surface area (Å²) in [5.41, 5.74) is -0.187. The molecule has 1 rings (SSSR count). The third kappa shape index (κ3) is 3.64. The lowest BCUT2D eigenvalue weighted by atomic mass is 10.3. The van der Waals surface area contributed by atoms with E-state index >= 15 is 0 Å². The fraction of sp³-hybridized carbons (Fsp3) is 0.375. The molecule has 1 heterocycles. The number of aryl methyl sites for hydroxylation is 1. The summed E-state index contributed by atoms with van der Waals surface area (Å²) in [4.78, 5) is 2.83. The lowest BCUT2D eigenvalue weighted by molar-refractivity contribution is -0.275. The maximum absolute atomic E-state index is 12.1. The predicted molar refractivity (Wildman–Crippen MR) is 55.2 cm³/mol.